The van der Waals surface area contributed by atoms with Crippen molar-refractivity contribution in [1.82, 2.24) is 10.2 Å². The van der Waals surface area contributed by atoms with Gasteiger partial charge in [0, 0.05) is 24.7 Å². The van der Waals surface area contributed by atoms with Crippen LogP contribution in [0.1, 0.15) is 17.9 Å². The molecule has 5 nitrogen and oxygen atoms in total. The zero-order chi connectivity index (χ0) is 12.5. The number of para-hydroxylation sites is 1. The Balaban J connectivity index is 1.65. The minimum absolute atomic E-state index is 0.126. The number of rotatable bonds is 3. The molecule has 1 fully saturated rings. The number of fused-ring (bicyclic) bond motifs is 1. The highest BCUT2D eigenvalue weighted by Crippen LogP contribution is 2.33. The van der Waals surface area contributed by atoms with E-state index in [4.69, 9.17) is 0 Å². The number of carbonyl (C=O) groups excluding carboxylic acids is 2. The van der Waals surface area contributed by atoms with Crippen molar-refractivity contribution in [3.63, 3.8) is 0 Å². The van der Waals surface area contributed by atoms with E-state index < -0.39 is 0 Å². The van der Waals surface area contributed by atoms with Gasteiger partial charge in [0.1, 0.15) is 0 Å². The highest BCUT2D eigenvalue weighted by molar-refractivity contribution is 6.01. The third-order valence-electron chi connectivity index (χ3n) is 3.58. The molecule has 1 atom stereocenters. The van der Waals surface area contributed by atoms with Crippen LogP contribution in [0.3, 0.4) is 0 Å². The maximum atomic E-state index is 11.5. The highest BCUT2D eigenvalue weighted by atomic mass is 16.2. The first kappa shape index (κ1) is 11.1. The van der Waals surface area contributed by atoms with Crippen LogP contribution in [-0.4, -0.2) is 36.5 Å². The molecule has 2 aliphatic rings. The highest BCUT2D eigenvalue weighted by Gasteiger charge is 2.30. The SMILES string of the molecule is O=C1CNC(=O)N1CCC1CNc2ccccc21. The molecule has 2 N–H and O–H groups in total. The predicted octanol–water partition coefficient (Wildman–Crippen LogP) is 1.14. The van der Waals surface area contributed by atoms with E-state index in [1.54, 1.807) is 0 Å². The predicted molar refractivity (Wildman–Crippen MR) is 67.4 cm³/mol. The molecule has 3 amide bonds. The van der Waals surface area contributed by atoms with Gasteiger partial charge in [0.25, 0.3) is 0 Å². The molecule has 0 saturated carbocycles. The summed E-state index contributed by atoms with van der Waals surface area (Å²) in [6, 6.07) is 7.92. The minimum Gasteiger partial charge on any atom is -0.384 e. The van der Waals surface area contributed by atoms with Crippen molar-refractivity contribution in [2.24, 2.45) is 0 Å². The summed E-state index contributed by atoms with van der Waals surface area (Å²) in [5.41, 5.74) is 2.45. The molecule has 1 aromatic rings. The lowest BCUT2D eigenvalue weighted by Gasteiger charge is -2.15. The van der Waals surface area contributed by atoms with Gasteiger partial charge in [-0.3, -0.25) is 9.69 Å². The lowest BCUT2D eigenvalue weighted by molar-refractivity contribution is -0.125. The van der Waals surface area contributed by atoms with Gasteiger partial charge in [-0.2, -0.15) is 0 Å². The van der Waals surface area contributed by atoms with Crippen LogP contribution in [0.4, 0.5) is 10.5 Å². The van der Waals surface area contributed by atoms with Crippen LogP contribution < -0.4 is 10.6 Å². The van der Waals surface area contributed by atoms with Gasteiger partial charge in [0.2, 0.25) is 5.91 Å². The molecule has 2 aliphatic heterocycles. The number of imide groups is 1. The fraction of sp³-hybridized carbons (Fsp3) is 0.385. The summed E-state index contributed by atoms with van der Waals surface area (Å²) >= 11 is 0. The standard InChI is InChI=1S/C13H15N3O2/c17-12-8-15-13(18)16(12)6-5-9-7-14-11-4-2-1-3-10(9)11/h1-4,9,14H,5-8H2,(H,15,18). The van der Waals surface area contributed by atoms with E-state index in [0.29, 0.717) is 12.5 Å². The van der Waals surface area contributed by atoms with Crippen molar-refractivity contribution in [1.29, 1.82) is 0 Å². The lowest BCUT2D eigenvalue weighted by Crippen LogP contribution is -2.32. The van der Waals surface area contributed by atoms with E-state index in [-0.39, 0.29) is 18.5 Å². The maximum Gasteiger partial charge on any atom is 0.324 e. The summed E-state index contributed by atoms with van der Waals surface area (Å²) in [6.45, 7) is 1.51. The van der Waals surface area contributed by atoms with Gasteiger partial charge in [-0.15, -0.1) is 0 Å². The molecular weight excluding hydrogens is 230 g/mol. The summed E-state index contributed by atoms with van der Waals surface area (Å²) in [7, 11) is 0. The number of hydrogen-bond acceptors (Lipinski definition) is 3. The van der Waals surface area contributed by atoms with Crippen molar-refractivity contribution in [3.8, 4) is 0 Å². The molecule has 0 bridgehead atoms. The molecule has 18 heavy (non-hydrogen) atoms. The van der Waals surface area contributed by atoms with Crippen molar-refractivity contribution in [3.05, 3.63) is 29.8 Å². The summed E-state index contributed by atoms with van der Waals surface area (Å²) in [5.74, 6) is 0.252. The van der Waals surface area contributed by atoms with Crippen LogP contribution in [0.5, 0.6) is 0 Å². The average molecular weight is 245 g/mol. The molecule has 1 aromatic carbocycles. The second kappa shape index (κ2) is 4.33. The second-order valence-electron chi connectivity index (χ2n) is 4.66. The van der Waals surface area contributed by atoms with Gasteiger partial charge in [-0.1, -0.05) is 18.2 Å². The fourth-order valence-corrected chi connectivity index (χ4v) is 2.58. The zero-order valence-corrected chi connectivity index (χ0v) is 9.98. The smallest absolute Gasteiger partial charge is 0.324 e. The van der Waals surface area contributed by atoms with Crippen molar-refractivity contribution >= 4 is 17.6 Å². The summed E-state index contributed by atoms with van der Waals surface area (Å²) in [6.07, 6.45) is 0.809. The number of urea groups is 1. The Labute approximate surface area is 105 Å². The van der Waals surface area contributed by atoms with Gasteiger partial charge in [0.05, 0.1) is 6.54 Å². The lowest BCUT2D eigenvalue weighted by atomic mass is 9.98. The third kappa shape index (κ3) is 1.81. The van der Waals surface area contributed by atoms with E-state index in [9.17, 15) is 9.59 Å². The first-order chi connectivity index (χ1) is 8.75. The van der Waals surface area contributed by atoms with Gasteiger partial charge in [0.15, 0.2) is 0 Å². The number of hydrogen-bond donors (Lipinski definition) is 2. The molecule has 0 spiro atoms. The van der Waals surface area contributed by atoms with E-state index in [0.717, 1.165) is 13.0 Å². The molecule has 3 rings (SSSR count). The summed E-state index contributed by atoms with van der Waals surface area (Å²) in [5, 5.41) is 5.88. The Bertz CT molecular complexity index is 485. The normalized spacial score (nSPS) is 21.8. The summed E-state index contributed by atoms with van der Waals surface area (Å²) in [4.78, 5) is 24.2. The van der Waals surface area contributed by atoms with Gasteiger partial charge >= 0.3 is 6.03 Å². The van der Waals surface area contributed by atoms with Crippen molar-refractivity contribution in [2.75, 3.05) is 25.0 Å². The van der Waals surface area contributed by atoms with E-state index in [1.807, 2.05) is 12.1 Å². The van der Waals surface area contributed by atoms with Gasteiger partial charge in [-0.05, 0) is 18.1 Å². The van der Waals surface area contributed by atoms with Crippen molar-refractivity contribution < 1.29 is 9.59 Å². The molecule has 0 aromatic heterocycles. The van der Waals surface area contributed by atoms with E-state index in [2.05, 4.69) is 22.8 Å². The first-order valence-corrected chi connectivity index (χ1v) is 6.16. The molecule has 5 heteroatoms. The fourth-order valence-electron chi connectivity index (χ4n) is 2.58. The molecule has 0 radical (unpaired) electrons. The first-order valence-electron chi connectivity index (χ1n) is 6.16. The number of anilines is 1. The van der Waals surface area contributed by atoms with Gasteiger partial charge < -0.3 is 10.6 Å². The number of benzene rings is 1. The second-order valence-corrected chi connectivity index (χ2v) is 4.66. The van der Waals surface area contributed by atoms with Crippen molar-refractivity contribution in [2.45, 2.75) is 12.3 Å². The van der Waals surface area contributed by atoms with Crippen LogP contribution in [0.2, 0.25) is 0 Å². The molecular formula is C13H15N3O2. The monoisotopic (exact) mass is 245 g/mol. The van der Waals surface area contributed by atoms with E-state index in [1.165, 1.54) is 16.2 Å². The molecule has 1 saturated heterocycles. The third-order valence-corrected chi connectivity index (χ3v) is 3.58. The Hall–Kier alpha value is -2.04. The quantitative estimate of drug-likeness (QED) is 0.785. The van der Waals surface area contributed by atoms with Crippen LogP contribution in [0.15, 0.2) is 24.3 Å². The van der Waals surface area contributed by atoms with E-state index >= 15 is 0 Å². The Morgan fingerprint density at radius 1 is 1.22 bits per heavy atom. The van der Waals surface area contributed by atoms with Crippen LogP contribution >= 0.6 is 0 Å². The maximum absolute atomic E-state index is 11.5. The molecule has 0 aliphatic carbocycles. The number of amides is 3. The Morgan fingerprint density at radius 3 is 2.83 bits per heavy atom. The Morgan fingerprint density at radius 2 is 2.06 bits per heavy atom. The molecule has 2 heterocycles. The van der Waals surface area contributed by atoms with Crippen LogP contribution in [0.25, 0.3) is 0 Å². The minimum atomic E-state index is -0.265. The largest absolute Gasteiger partial charge is 0.384 e. The zero-order valence-electron chi connectivity index (χ0n) is 9.98. The van der Waals surface area contributed by atoms with Gasteiger partial charge in [-0.25, -0.2) is 4.79 Å². The number of nitrogens with one attached hydrogen (secondary N) is 2. The molecule has 1 unspecified atom stereocenters. The Kier molecular flexibility index (Phi) is 2.66. The number of nitrogens with zero attached hydrogens (tertiary/aromatic N) is 1. The van der Waals surface area contributed by atoms with Crippen LogP contribution in [-0.2, 0) is 4.79 Å². The number of carbonyl (C=O) groups is 2. The topological polar surface area (TPSA) is 61.4 Å². The van der Waals surface area contributed by atoms with Crippen LogP contribution in [0, 0.1) is 0 Å². The average Bonchev–Trinajstić information content (AvgIpc) is 2.93. The molecule has 94 valence electrons. The summed E-state index contributed by atoms with van der Waals surface area (Å²) < 4.78 is 0.